The van der Waals surface area contributed by atoms with Gasteiger partial charge in [-0.05, 0) is 19.1 Å². The van der Waals surface area contributed by atoms with Gasteiger partial charge in [0.1, 0.15) is 11.6 Å². The van der Waals surface area contributed by atoms with Gasteiger partial charge in [0.2, 0.25) is 5.91 Å². The Balaban J connectivity index is 1.70. The van der Waals surface area contributed by atoms with Crippen molar-refractivity contribution in [2.45, 2.75) is 19.5 Å². The summed E-state index contributed by atoms with van der Waals surface area (Å²) < 4.78 is 7.47. The maximum atomic E-state index is 13.0. The molecule has 7 heteroatoms. The van der Waals surface area contributed by atoms with Crippen LogP contribution < -0.4 is 5.32 Å². The standard InChI is InChI=1S/C18H18N4O3/c1-11-13-5-3-4-6-15(13)25-16(11)18(24)21-9-12-7-8-20-22(12)14(10-21)17(23)19-2/h3-8,14H,9-10H2,1-2H3,(H,19,23). The lowest BCUT2D eigenvalue weighted by molar-refractivity contribution is -0.125. The monoisotopic (exact) mass is 338 g/mol. The van der Waals surface area contributed by atoms with E-state index in [0.717, 1.165) is 16.6 Å². The quantitative estimate of drug-likeness (QED) is 0.774. The second kappa shape index (κ2) is 5.77. The van der Waals surface area contributed by atoms with Gasteiger partial charge in [-0.25, -0.2) is 0 Å². The second-order valence-corrected chi connectivity index (χ2v) is 6.14. The Morgan fingerprint density at radius 3 is 2.84 bits per heavy atom. The predicted octanol–water partition coefficient (Wildman–Crippen LogP) is 1.88. The summed E-state index contributed by atoms with van der Waals surface area (Å²) in [7, 11) is 1.58. The molecule has 1 aliphatic heterocycles. The van der Waals surface area contributed by atoms with E-state index in [9.17, 15) is 9.59 Å². The van der Waals surface area contributed by atoms with E-state index in [0.29, 0.717) is 17.9 Å². The van der Waals surface area contributed by atoms with E-state index in [1.54, 1.807) is 22.8 Å². The zero-order valence-corrected chi connectivity index (χ0v) is 14.0. The van der Waals surface area contributed by atoms with Crippen molar-refractivity contribution in [1.82, 2.24) is 20.0 Å². The topological polar surface area (TPSA) is 80.4 Å². The molecule has 3 aromatic rings. The molecular weight excluding hydrogens is 320 g/mol. The van der Waals surface area contributed by atoms with Gasteiger partial charge >= 0.3 is 0 Å². The van der Waals surface area contributed by atoms with Crippen LogP contribution in [-0.2, 0) is 11.3 Å². The molecular formula is C18H18N4O3. The van der Waals surface area contributed by atoms with E-state index in [1.165, 1.54) is 0 Å². The summed E-state index contributed by atoms with van der Waals surface area (Å²) in [5, 5.41) is 7.78. The van der Waals surface area contributed by atoms with Crippen molar-refractivity contribution < 1.29 is 14.0 Å². The number of carbonyl (C=O) groups is 2. The molecule has 2 aromatic heterocycles. The summed E-state index contributed by atoms with van der Waals surface area (Å²) in [6.07, 6.45) is 1.64. The number of nitrogens with zero attached hydrogens (tertiary/aromatic N) is 3. The molecule has 0 fully saturated rings. The lowest BCUT2D eigenvalue weighted by Gasteiger charge is -2.32. The van der Waals surface area contributed by atoms with E-state index >= 15 is 0 Å². The van der Waals surface area contributed by atoms with Crippen molar-refractivity contribution in [3.63, 3.8) is 0 Å². The first-order valence-electron chi connectivity index (χ1n) is 8.11. The first kappa shape index (κ1) is 15.4. The van der Waals surface area contributed by atoms with Crippen molar-refractivity contribution in [3.05, 3.63) is 53.5 Å². The third-order valence-electron chi connectivity index (χ3n) is 4.67. The van der Waals surface area contributed by atoms with Crippen LogP contribution >= 0.6 is 0 Å². The highest BCUT2D eigenvalue weighted by molar-refractivity contribution is 5.99. The van der Waals surface area contributed by atoms with E-state index < -0.39 is 6.04 Å². The second-order valence-electron chi connectivity index (χ2n) is 6.14. The van der Waals surface area contributed by atoms with Gasteiger partial charge in [0.05, 0.1) is 18.8 Å². The first-order valence-corrected chi connectivity index (χ1v) is 8.11. The number of para-hydroxylation sites is 1. The number of hydrogen-bond donors (Lipinski definition) is 1. The van der Waals surface area contributed by atoms with Gasteiger partial charge in [-0.15, -0.1) is 0 Å². The molecule has 0 aliphatic carbocycles. The molecule has 0 bridgehead atoms. The van der Waals surface area contributed by atoms with Crippen LogP contribution in [0.25, 0.3) is 11.0 Å². The molecule has 0 spiro atoms. The molecule has 1 unspecified atom stereocenters. The lowest BCUT2D eigenvalue weighted by atomic mass is 10.1. The predicted molar refractivity (Wildman–Crippen MR) is 91.0 cm³/mol. The van der Waals surface area contributed by atoms with Crippen LogP contribution in [0.2, 0.25) is 0 Å². The number of benzene rings is 1. The molecule has 128 valence electrons. The van der Waals surface area contributed by atoms with E-state index in [1.807, 2.05) is 37.3 Å². The van der Waals surface area contributed by atoms with Crippen LogP contribution in [0.5, 0.6) is 0 Å². The number of likely N-dealkylation sites (N-methyl/N-ethyl adjacent to an activating group) is 1. The van der Waals surface area contributed by atoms with Gasteiger partial charge < -0.3 is 14.6 Å². The van der Waals surface area contributed by atoms with Crippen LogP contribution in [0.15, 0.2) is 40.9 Å². The minimum absolute atomic E-state index is 0.177. The Morgan fingerprint density at radius 2 is 2.08 bits per heavy atom. The summed E-state index contributed by atoms with van der Waals surface area (Å²) in [6, 6.07) is 8.85. The molecule has 1 aromatic carbocycles. The van der Waals surface area contributed by atoms with E-state index in [2.05, 4.69) is 10.4 Å². The van der Waals surface area contributed by atoms with Crippen molar-refractivity contribution in [2.24, 2.45) is 0 Å². The summed E-state index contributed by atoms with van der Waals surface area (Å²) in [4.78, 5) is 26.9. The van der Waals surface area contributed by atoms with Gasteiger partial charge in [-0.3, -0.25) is 14.3 Å². The molecule has 2 amide bonds. The normalized spacial score (nSPS) is 16.7. The third-order valence-corrected chi connectivity index (χ3v) is 4.67. The smallest absolute Gasteiger partial charge is 0.290 e. The fourth-order valence-electron chi connectivity index (χ4n) is 3.33. The summed E-state index contributed by atoms with van der Waals surface area (Å²) >= 11 is 0. The highest BCUT2D eigenvalue weighted by Gasteiger charge is 2.34. The number of hydrogen-bond acceptors (Lipinski definition) is 4. The molecule has 1 atom stereocenters. The molecule has 7 nitrogen and oxygen atoms in total. The first-order chi connectivity index (χ1) is 12.1. The Morgan fingerprint density at radius 1 is 1.28 bits per heavy atom. The number of fused-ring (bicyclic) bond motifs is 2. The van der Waals surface area contributed by atoms with Crippen LogP contribution in [0.3, 0.4) is 0 Å². The highest BCUT2D eigenvalue weighted by Crippen LogP contribution is 2.28. The molecule has 0 saturated heterocycles. The molecule has 1 N–H and O–H groups in total. The van der Waals surface area contributed by atoms with Crippen molar-refractivity contribution in [3.8, 4) is 0 Å². The van der Waals surface area contributed by atoms with Gasteiger partial charge in [-0.2, -0.15) is 5.10 Å². The highest BCUT2D eigenvalue weighted by atomic mass is 16.3. The molecule has 0 radical (unpaired) electrons. The maximum absolute atomic E-state index is 13.0. The minimum atomic E-state index is -0.544. The Bertz CT molecular complexity index is 972. The fourth-order valence-corrected chi connectivity index (χ4v) is 3.33. The number of amides is 2. The van der Waals surface area contributed by atoms with E-state index in [4.69, 9.17) is 4.42 Å². The van der Waals surface area contributed by atoms with Gasteiger partial charge in [0.25, 0.3) is 5.91 Å². The fraction of sp³-hybridized carbons (Fsp3) is 0.278. The number of carbonyl (C=O) groups excluding carboxylic acids is 2. The third kappa shape index (κ3) is 2.39. The largest absolute Gasteiger partial charge is 0.451 e. The zero-order valence-electron chi connectivity index (χ0n) is 14.0. The van der Waals surface area contributed by atoms with Gasteiger partial charge in [0, 0.05) is 24.2 Å². The zero-order chi connectivity index (χ0) is 17.6. The molecule has 1 aliphatic rings. The minimum Gasteiger partial charge on any atom is -0.451 e. The van der Waals surface area contributed by atoms with Gasteiger partial charge in [0.15, 0.2) is 5.76 Å². The van der Waals surface area contributed by atoms with Crippen molar-refractivity contribution in [1.29, 1.82) is 0 Å². The number of aromatic nitrogens is 2. The summed E-state index contributed by atoms with van der Waals surface area (Å²) in [6.45, 7) is 2.52. The summed E-state index contributed by atoms with van der Waals surface area (Å²) in [5.41, 5.74) is 2.33. The Labute approximate surface area is 144 Å². The summed E-state index contributed by atoms with van der Waals surface area (Å²) in [5.74, 6) is -0.0661. The average Bonchev–Trinajstić information content (AvgIpc) is 3.24. The molecule has 25 heavy (non-hydrogen) atoms. The lowest BCUT2D eigenvalue weighted by Crippen LogP contribution is -2.46. The molecule has 0 saturated carbocycles. The average molecular weight is 338 g/mol. The molecule has 3 heterocycles. The number of furan rings is 1. The van der Waals surface area contributed by atoms with Crippen LogP contribution in [0.1, 0.15) is 27.9 Å². The van der Waals surface area contributed by atoms with Gasteiger partial charge in [-0.1, -0.05) is 18.2 Å². The van der Waals surface area contributed by atoms with E-state index in [-0.39, 0.29) is 18.4 Å². The SMILES string of the molecule is CNC(=O)C1CN(C(=O)c2oc3ccccc3c2C)Cc2ccnn21. The number of nitrogens with one attached hydrogen (secondary N) is 1. The van der Waals surface area contributed by atoms with Crippen molar-refractivity contribution >= 4 is 22.8 Å². The number of aryl methyl sites for hydroxylation is 1. The van der Waals surface area contributed by atoms with Crippen LogP contribution in [0, 0.1) is 6.92 Å². The molecule has 4 rings (SSSR count). The van der Waals surface area contributed by atoms with Crippen LogP contribution in [-0.4, -0.2) is 40.1 Å². The Kier molecular flexibility index (Phi) is 3.56. The maximum Gasteiger partial charge on any atom is 0.290 e. The number of rotatable bonds is 2. The Hall–Kier alpha value is -3.09. The van der Waals surface area contributed by atoms with Crippen LogP contribution in [0.4, 0.5) is 0 Å². The van der Waals surface area contributed by atoms with Crippen molar-refractivity contribution in [2.75, 3.05) is 13.6 Å².